The second-order valence-corrected chi connectivity index (χ2v) is 4.79. The molecule has 0 spiro atoms. The minimum atomic E-state index is -0.191. The Hall–Kier alpha value is -1.88. The second-order valence-electron chi connectivity index (χ2n) is 3.88. The van der Waals surface area contributed by atoms with Crippen LogP contribution in [0.5, 0.6) is 0 Å². The van der Waals surface area contributed by atoms with Crippen molar-refractivity contribution in [3.8, 4) is 0 Å². The number of nitrogen functional groups attached to an aromatic ring is 1. The third kappa shape index (κ3) is 2.68. The van der Waals surface area contributed by atoms with Gasteiger partial charge in [-0.15, -0.1) is 0 Å². The average molecular weight is 306 g/mol. The summed E-state index contributed by atoms with van der Waals surface area (Å²) in [6, 6.07) is 7.01. The van der Waals surface area contributed by atoms with Gasteiger partial charge in [-0.05, 0) is 36.8 Å². The third-order valence-corrected chi connectivity index (χ3v) is 3.02. The number of aryl methyl sites for hydroxylation is 1. The van der Waals surface area contributed by atoms with Gasteiger partial charge < -0.3 is 11.1 Å². The van der Waals surface area contributed by atoms with Crippen LogP contribution in [0.2, 0.25) is 0 Å². The molecule has 5 heteroatoms. The van der Waals surface area contributed by atoms with E-state index in [0.29, 0.717) is 16.9 Å². The van der Waals surface area contributed by atoms with Gasteiger partial charge in [0.25, 0.3) is 5.91 Å². The molecule has 0 aliphatic carbocycles. The molecule has 4 nitrogen and oxygen atoms in total. The number of halogens is 1. The van der Waals surface area contributed by atoms with Crippen molar-refractivity contribution in [1.29, 1.82) is 0 Å². The molecule has 2 rings (SSSR count). The van der Waals surface area contributed by atoms with E-state index in [4.69, 9.17) is 5.73 Å². The maximum absolute atomic E-state index is 12.1. The van der Waals surface area contributed by atoms with Crippen molar-refractivity contribution in [3.05, 3.63) is 52.3 Å². The number of pyridine rings is 1. The number of rotatable bonds is 2. The maximum Gasteiger partial charge on any atom is 0.256 e. The fraction of sp³-hybridized carbons (Fsp3) is 0.0769. The largest absolute Gasteiger partial charge is 0.397 e. The van der Waals surface area contributed by atoms with E-state index in [2.05, 4.69) is 26.2 Å². The Morgan fingerprint density at radius 1 is 1.39 bits per heavy atom. The number of nitrogens with two attached hydrogens (primary N) is 1. The monoisotopic (exact) mass is 305 g/mol. The van der Waals surface area contributed by atoms with E-state index in [-0.39, 0.29) is 5.91 Å². The maximum atomic E-state index is 12.1. The highest BCUT2D eigenvalue weighted by molar-refractivity contribution is 9.10. The van der Waals surface area contributed by atoms with Gasteiger partial charge in [0.05, 0.1) is 11.4 Å². The van der Waals surface area contributed by atoms with Crippen molar-refractivity contribution in [2.75, 3.05) is 11.1 Å². The number of nitrogens with zero attached hydrogens (tertiary/aromatic N) is 1. The van der Waals surface area contributed by atoms with Crippen LogP contribution < -0.4 is 11.1 Å². The molecule has 1 amide bonds. The van der Waals surface area contributed by atoms with Crippen LogP contribution in [0.25, 0.3) is 0 Å². The lowest BCUT2D eigenvalue weighted by molar-refractivity contribution is 0.102. The molecule has 0 saturated carbocycles. The number of carbonyl (C=O) groups excluding carboxylic acids is 1. The number of amides is 1. The SMILES string of the molecule is Cc1cnccc1C(=O)Nc1ccc(Br)cc1N. The summed E-state index contributed by atoms with van der Waals surface area (Å²) in [5.74, 6) is -0.191. The van der Waals surface area contributed by atoms with Crippen LogP contribution in [0.4, 0.5) is 11.4 Å². The third-order valence-electron chi connectivity index (χ3n) is 2.53. The number of hydrogen-bond donors (Lipinski definition) is 2. The molecular formula is C13H12BrN3O. The second kappa shape index (κ2) is 5.18. The fourth-order valence-corrected chi connectivity index (χ4v) is 1.94. The van der Waals surface area contributed by atoms with Gasteiger partial charge in [-0.1, -0.05) is 15.9 Å². The predicted octanol–water partition coefficient (Wildman–Crippen LogP) is 2.99. The number of aromatic nitrogens is 1. The van der Waals surface area contributed by atoms with Crippen LogP contribution in [-0.2, 0) is 0 Å². The van der Waals surface area contributed by atoms with Gasteiger partial charge in [-0.25, -0.2) is 0 Å². The molecule has 0 aliphatic rings. The first-order valence-electron chi connectivity index (χ1n) is 5.35. The summed E-state index contributed by atoms with van der Waals surface area (Å²) in [4.78, 5) is 16.0. The minimum absolute atomic E-state index is 0.191. The topological polar surface area (TPSA) is 68.0 Å². The highest BCUT2D eigenvalue weighted by Crippen LogP contribution is 2.23. The van der Waals surface area contributed by atoms with Crippen LogP contribution in [0.15, 0.2) is 41.1 Å². The first kappa shape index (κ1) is 12.6. The molecule has 0 atom stereocenters. The van der Waals surface area contributed by atoms with Crippen molar-refractivity contribution in [2.45, 2.75) is 6.92 Å². The van der Waals surface area contributed by atoms with E-state index in [9.17, 15) is 4.79 Å². The van der Waals surface area contributed by atoms with Crippen LogP contribution >= 0.6 is 15.9 Å². The van der Waals surface area contributed by atoms with Gasteiger partial charge in [0, 0.05) is 22.4 Å². The van der Waals surface area contributed by atoms with Crippen LogP contribution in [-0.4, -0.2) is 10.9 Å². The van der Waals surface area contributed by atoms with Crippen molar-refractivity contribution in [3.63, 3.8) is 0 Å². The van der Waals surface area contributed by atoms with Gasteiger partial charge in [0.15, 0.2) is 0 Å². The molecule has 92 valence electrons. The molecule has 0 aliphatic heterocycles. The summed E-state index contributed by atoms with van der Waals surface area (Å²) < 4.78 is 0.873. The smallest absolute Gasteiger partial charge is 0.256 e. The molecule has 3 N–H and O–H groups in total. The number of nitrogens with one attached hydrogen (secondary N) is 1. The number of hydrogen-bond acceptors (Lipinski definition) is 3. The Balaban J connectivity index is 2.24. The summed E-state index contributed by atoms with van der Waals surface area (Å²) >= 11 is 3.32. The molecule has 2 aromatic rings. The Bertz CT molecular complexity index is 599. The van der Waals surface area contributed by atoms with Gasteiger partial charge in [0.2, 0.25) is 0 Å². The Morgan fingerprint density at radius 3 is 2.83 bits per heavy atom. The Labute approximate surface area is 113 Å². The van der Waals surface area contributed by atoms with E-state index >= 15 is 0 Å². The molecule has 0 radical (unpaired) electrons. The summed E-state index contributed by atoms with van der Waals surface area (Å²) in [7, 11) is 0. The first-order chi connectivity index (χ1) is 8.58. The zero-order valence-electron chi connectivity index (χ0n) is 9.77. The normalized spacial score (nSPS) is 10.1. The number of anilines is 2. The van der Waals surface area contributed by atoms with Gasteiger partial charge in [0.1, 0.15) is 0 Å². The van der Waals surface area contributed by atoms with Crippen molar-refractivity contribution in [1.82, 2.24) is 4.98 Å². The molecule has 0 bridgehead atoms. The van der Waals surface area contributed by atoms with Crippen molar-refractivity contribution >= 4 is 33.2 Å². The predicted molar refractivity (Wildman–Crippen MR) is 75.5 cm³/mol. The fourth-order valence-electron chi connectivity index (χ4n) is 1.57. The molecule has 18 heavy (non-hydrogen) atoms. The molecule has 1 heterocycles. The van der Waals surface area contributed by atoms with Crippen LogP contribution in [0, 0.1) is 6.92 Å². The van der Waals surface area contributed by atoms with E-state index in [1.54, 1.807) is 30.6 Å². The first-order valence-corrected chi connectivity index (χ1v) is 6.14. The zero-order valence-corrected chi connectivity index (χ0v) is 11.4. The van der Waals surface area contributed by atoms with E-state index < -0.39 is 0 Å². The van der Waals surface area contributed by atoms with Gasteiger partial charge in [-0.2, -0.15) is 0 Å². The zero-order chi connectivity index (χ0) is 13.1. The van der Waals surface area contributed by atoms with E-state index in [1.165, 1.54) is 0 Å². The van der Waals surface area contributed by atoms with Crippen LogP contribution in [0.1, 0.15) is 15.9 Å². The van der Waals surface area contributed by atoms with Crippen molar-refractivity contribution in [2.24, 2.45) is 0 Å². The lowest BCUT2D eigenvalue weighted by Crippen LogP contribution is -2.14. The molecular weight excluding hydrogens is 294 g/mol. The average Bonchev–Trinajstić information content (AvgIpc) is 2.33. The summed E-state index contributed by atoms with van der Waals surface area (Å²) in [5.41, 5.74) is 8.36. The minimum Gasteiger partial charge on any atom is -0.397 e. The van der Waals surface area contributed by atoms with Gasteiger partial charge in [-0.3, -0.25) is 9.78 Å². The Morgan fingerprint density at radius 2 is 2.17 bits per heavy atom. The molecule has 1 aromatic carbocycles. The molecule has 1 aromatic heterocycles. The quantitative estimate of drug-likeness (QED) is 0.838. The highest BCUT2D eigenvalue weighted by Gasteiger charge is 2.10. The summed E-state index contributed by atoms with van der Waals surface area (Å²) in [6.45, 7) is 1.84. The van der Waals surface area contributed by atoms with E-state index in [0.717, 1.165) is 10.0 Å². The molecule has 0 saturated heterocycles. The van der Waals surface area contributed by atoms with Gasteiger partial charge >= 0.3 is 0 Å². The number of benzene rings is 1. The summed E-state index contributed by atoms with van der Waals surface area (Å²) in [5, 5.41) is 2.78. The highest BCUT2D eigenvalue weighted by atomic mass is 79.9. The van der Waals surface area contributed by atoms with E-state index in [1.807, 2.05) is 13.0 Å². The Kier molecular flexibility index (Phi) is 3.62. The lowest BCUT2D eigenvalue weighted by atomic mass is 10.1. The van der Waals surface area contributed by atoms with Crippen molar-refractivity contribution < 1.29 is 4.79 Å². The van der Waals surface area contributed by atoms with Crippen LogP contribution in [0.3, 0.4) is 0 Å². The summed E-state index contributed by atoms with van der Waals surface area (Å²) in [6.07, 6.45) is 3.24. The lowest BCUT2D eigenvalue weighted by Gasteiger charge is -2.09. The molecule has 0 unspecified atom stereocenters. The number of carbonyl (C=O) groups is 1. The standard InChI is InChI=1S/C13H12BrN3O/c1-8-7-16-5-4-10(8)13(18)17-12-3-2-9(14)6-11(12)15/h2-7H,15H2,1H3,(H,17,18). The molecule has 0 fully saturated rings.